The maximum atomic E-state index is 11.1. The molecule has 1 aliphatic rings. The number of hydrogen-bond donors (Lipinski definition) is 2. The average molecular weight is 199 g/mol. The smallest absolute Gasteiger partial charge is 0.221 e. The molecule has 2 unspecified atom stereocenters. The first kappa shape index (κ1) is 11.5. The van der Waals surface area contributed by atoms with Crippen molar-refractivity contribution in [2.24, 2.45) is 0 Å². The van der Waals surface area contributed by atoms with Crippen LogP contribution in [0, 0.1) is 0 Å². The average Bonchev–Trinajstić information content (AvgIpc) is 2.12. The molecule has 0 spiro atoms. The molecule has 1 rings (SSSR count). The highest BCUT2D eigenvalue weighted by Crippen LogP contribution is 2.04. The normalized spacial score (nSPS) is 28.8. The number of nitrogens with one attached hydrogen (secondary N) is 2. The van der Waals surface area contributed by atoms with Crippen molar-refractivity contribution < 1.29 is 4.79 Å². The van der Waals surface area contributed by atoms with E-state index in [0.717, 1.165) is 19.6 Å². The zero-order valence-corrected chi connectivity index (χ0v) is 9.34. The molecule has 1 heterocycles. The molecular formula is C10H21N3O. The number of rotatable bonds is 3. The topological polar surface area (TPSA) is 44.4 Å². The van der Waals surface area contributed by atoms with Crippen molar-refractivity contribution in [3.8, 4) is 0 Å². The zero-order chi connectivity index (χ0) is 10.6. The minimum Gasteiger partial charge on any atom is -0.359 e. The molecule has 0 aliphatic carbocycles. The SMILES string of the molecule is CNC(=O)CCN1CC(C)NC(C)C1. The van der Waals surface area contributed by atoms with Crippen molar-refractivity contribution >= 4 is 5.91 Å². The van der Waals surface area contributed by atoms with Gasteiger partial charge in [-0.15, -0.1) is 0 Å². The molecule has 1 amide bonds. The molecule has 2 atom stereocenters. The Bertz CT molecular complexity index is 186. The molecule has 1 fully saturated rings. The van der Waals surface area contributed by atoms with Crippen molar-refractivity contribution in [3.05, 3.63) is 0 Å². The van der Waals surface area contributed by atoms with Gasteiger partial charge in [0.2, 0.25) is 5.91 Å². The standard InChI is InChI=1S/C10H21N3O/c1-8-6-13(7-9(2)12-8)5-4-10(14)11-3/h8-9,12H,4-7H2,1-3H3,(H,11,14). The van der Waals surface area contributed by atoms with Gasteiger partial charge in [-0.3, -0.25) is 9.69 Å². The summed E-state index contributed by atoms with van der Waals surface area (Å²) in [6.45, 7) is 7.32. The first-order valence-corrected chi connectivity index (χ1v) is 5.30. The van der Waals surface area contributed by atoms with Gasteiger partial charge in [-0.1, -0.05) is 0 Å². The molecular weight excluding hydrogens is 178 g/mol. The van der Waals surface area contributed by atoms with Crippen LogP contribution in [0.25, 0.3) is 0 Å². The van der Waals surface area contributed by atoms with Crippen LogP contribution in [0.1, 0.15) is 20.3 Å². The molecule has 4 heteroatoms. The van der Waals surface area contributed by atoms with Gasteiger partial charge in [-0.05, 0) is 13.8 Å². The van der Waals surface area contributed by atoms with Crippen LogP contribution in [0.4, 0.5) is 0 Å². The Morgan fingerprint density at radius 1 is 1.43 bits per heavy atom. The monoisotopic (exact) mass is 199 g/mol. The molecule has 4 nitrogen and oxygen atoms in total. The molecule has 1 aliphatic heterocycles. The third-order valence-corrected chi connectivity index (χ3v) is 2.57. The molecule has 82 valence electrons. The van der Waals surface area contributed by atoms with Crippen LogP contribution in [-0.2, 0) is 4.79 Å². The van der Waals surface area contributed by atoms with Gasteiger partial charge in [0.1, 0.15) is 0 Å². The number of nitrogens with zero attached hydrogens (tertiary/aromatic N) is 1. The van der Waals surface area contributed by atoms with E-state index in [-0.39, 0.29) is 5.91 Å². The lowest BCUT2D eigenvalue weighted by Crippen LogP contribution is -2.54. The van der Waals surface area contributed by atoms with Gasteiger partial charge in [0.05, 0.1) is 0 Å². The van der Waals surface area contributed by atoms with Crippen LogP contribution in [0.2, 0.25) is 0 Å². The highest BCUT2D eigenvalue weighted by molar-refractivity contribution is 5.75. The largest absolute Gasteiger partial charge is 0.359 e. The Hall–Kier alpha value is -0.610. The second kappa shape index (κ2) is 5.32. The van der Waals surface area contributed by atoms with E-state index in [1.165, 1.54) is 0 Å². The summed E-state index contributed by atoms with van der Waals surface area (Å²) in [7, 11) is 1.69. The molecule has 0 aromatic carbocycles. The third-order valence-electron chi connectivity index (χ3n) is 2.57. The second-order valence-electron chi connectivity index (χ2n) is 4.15. The first-order valence-electron chi connectivity index (χ1n) is 5.30. The van der Waals surface area contributed by atoms with E-state index in [1.54, 1.807) is 7.05 Å². The van der Waals surface area contributed by atoms with Crippen molar-refractivity contribution in [2.45, 2.75) is 32.4 Å². The summed E-state index contributed by atoms with van der Waals surface area (Å²) >= 11 is 0. The fraction of sp³-hybridized carbons (Fsp3) is 0.900. The Balaban J connectivity index is 2.26. The number of hydrogen-bond acceptors (Lipinski definition) is 3. The Kier molecular flexibility index (Phi) is 4.35. The van der Waals surface area contributed by atoms with Crippen LogP contribution in [0.15, 0.2) is 0 Å². The molecule has 14 heavy (non-hydrogen) atoms. The maximum absolute atomic E-state index is 11.1. The summed E-state index contributed by atoms with van der Waals surface area (Å²) in [4.78, 5) is 13.4. The molecule has 2 N–H and O–H groups in total. The fourth-order valence-corrected chi connectivity index (χ4v) is 2.01. The lowest BCUT2D eigenvalue weighted by molar-refractivity contribution is -0.121. The lowest BCUT2D eigenvalue weighted by atomic mass is 10.1. The van der Waals surface area contributed by atoms with Crippen molar-refractivity contribution in [3.63, 3.8) is 0 Å². The fourth-order valence-electron chi connectivity index (χ4n) is 2.01. The van der Waals surface area contributed by atoms with Gasteiger partial charge in [-0.2, -0.15) is 0 Å². The van der Waals surface area contributed by atoms with Crippen LogP contribution in [0.3, 0.4) is 0 Å². The van der Waals surface area contributed by atoms with E-state index in [9.17, 15) is 4.79 Å². The highest BCUT2D eigenvalue weighted by atomic mass is 16.1. The van der Waals surface area contributed by atoms with Crippen molar-refractivity contribution in [2.75, 3.05) is 26.7 Å². The van der Waals surface area contributed by atoms with E-state index in [1.807, 2.05) is 0 Å². The number of amides is 1. The molecule has 0 bridgehead atoms. The minimum absolute atomic E-state index is 0.129. The summed E-state index contributed by atoms with van der Waals surface area (Å²) in [5.74, 6) is 0.129. The quantitative estimate of drug-likeness (QED) is 0.662. The molecule has 0 saturated carbocycles. The van der Waals surface area contributed by atoms with Crippen molar-refractivity contribution in [1.82, 2.24) is 15.5 Å². The predicted molar refractivity (Wildman–Crippen MR) is 57.2 cm³/mol. The Labute approximate surface area is 86.0 Å². The van der Waals surface area contributed by atoms with Crippen LogP contribution >= 0.6 is 0 Å². The second-order valence-corrected chi connectivity index (χ2v) is 4.15. The first-order chi connectivity index (χ1) is 6.61. The van der Waals surface area contributed by atoms with Gasteiger partial charge in [-0.25, -0.2) is 0 Å². The van der Waals surface area contributed by atoms with Crippen LogP contribution < -0.4 is 10.6 Å². The third kappa shape index (κ3) is 3.64. The summed E-state index contributed by atoms with van der Waals surface area (Å²) in [6, 6.07) is 1.06. The van der Waals surface area contributed by atoms with Gasteiger partial charge in [0.25, 0.3) is 0 Å². The van der Waals surface area contributed by atoms with E-state index in [4.69, 9.17) is 0 Å². The molecule has 1 saturated heterocycles. The van der Waals surface area contributed by atoms with Crippen LogP contribution in [0.5, 0.6) is 0 Å². The van der Waals surface area contributed by atoms with Gasteiger partial charge < -0.3 is 10.6 Å². The summed E-state index contributed by atoms with van der Waals surface area (Å²) < 4.78 is 0. The predicted octanol–water partition coefficient (Wildman–Crippen LogP) is -0.195. The van der Waals surface area contributed by atoms with E-state index >= 15 is 0 Å². The van der Waals surface area contributed by atoms with Crippen LogP contribution in [-0.4, -0.2) is 49.6 Å². The van der Waals surface area contributed by atoms with Gasteiger partial charge >= 0.3 is 0 Å². The minimum atomic E-state index is 0.129. The molecule has 0 radical (unpaired) electrons. The van der Waals surface area contributed by atoms with Gasteiger partial charge in [0, 0.05) is 45.2 Å². The number of carbonyl (C=O) groups excluding carboxylic acids is 1. The Morgan fingerprint density at radius 2 is 2.00 bits per heavy atom. The Morgan fingerprint density at radius 3 is 2.50 bits per heavy atom. The van der Waals surface area contributed by atoms with Gasteiger partial charge in [0.15, 0.2) is 0 Å². The summed E-state index contributed by atoms with van der Waals surface area (Å²) in [5, 5.41) is 6.11. The van der Waals surface area contributed by atoms with E-state index in [0.29, 0.717) is 18.5 Å². The van der Waals surface area contributed by atoms with E-state index in [2.05, 4.69) is 29.4 Å². The summed E-state index contributed by atoms with van der Waals surface area (Å²) in [5.41, 5.74) is 0. The molecule has 0 aromatic rings. The maximum Gasteiger partial charge on any atom is 0.221 e. The number of carbonyl (C=O) groups is 1. The highest BCUT2D eigenvalue weighted by Gasteiger charge is 2.20. The molecule has 0 aromatic heterocycles. The van der Waals surface area contributed by atoms with E-state index < -0.39 is 0 Å². The summed E-state index contributed by atoms with van der Waals surface area (Å²) in [6.07, 6.45) is 0.607. The van der Waals surface area contributed by atoms with Crippen molar-refractivity contribution in [1.29, 1.82) is 0 Å². The number of piperazine rings is 1. The lowest BCUT2D eigenvalue weighted by Gasteiger charge is -2.35. The zero-order valence-electron chi connectivity index (χ0n) is 9.34.